The van der Waals surface area contributed by atoms with Gasteiger partial charge in [-0.15, -0.1) is 6.58 Å². The largest absolute Gasteiger partial charge is 0.504 e. The van der Waals surface area contributed by atoms with Gasteiger partial charge in [0.05, 0.1) is 18.2 Å². The van der Waals surface area contributed by atoms with E-state index in [0.717, 1.165) is 17.7 Å². The summed E-state index contributed by atoms with van der Waals surface area (Å²) in [5.41, 5.74) is 3.24. The summed E-state index contributed by atoms with van der Waals surface area (Å²) >= 11 is 0. The molecule has 0 saturated carbocycles. The standard InChI is InChI=1S/C16H14O3.C14H9FO3.C12H14O4.CH2O2/c1-10-8-9-11(2)14(16(18)19)13(10)15(17)12-6-4-3-5-7-12;15-10-7-5-9(6-8-10)13(16)11-3-1-2-4-12(11)14(17)18;1-3-4-9-5-6-10(14)12(15-2)11(9)16-8-7-13;2-1-3/h3-9H,1-2H3,(H,18,19);1-8H,(H,17,18);3,5-7,14H,1,4,8H2,2H3;1H,(H,2,3). The first-order valence-electron chi connectivity index (χ1n) is 16.5. The number of carbonyl (C=O) groups is 6. The number of hydrogen-bond donors (Lipinski definition) is 4. The van der Waals surface area contributed by atoms with Gasteiger partial charge in [-0.05, 0) is 67.8 Å². The van der Waals surface area contributed by atoms with E-state index in [1.807, 2.05) is 6.07 Å². The molecule has 0 atom stereocenters. The monoisotopic (exact) mass is 766 g/mol. The number of aldehydes is 1. The summed E-state index contributed by atoms with van der Waals surface area (Å²) in [7, 11) is 1.43. The molecular formula is C43H39FO12. The van der Waals surface area contributed by atoms with Crippen LogP contribution in [0.3, 0.4) is 0 Å². The highest BCUT2D eigenvalue weighted by Gasteiger charge is 2.22. The minimum atomic E-state index is -1.17. The third-order valence-electron chi connectivity index (χ3n) is 7.64. The minimum Gasteiger partial charge on any atom is -0.504 e. The summed E-state index contributed by atoms with van der Waals surface area (Å²) < 4.78 is 23.0. The van der Waals surface area contributed by atoms with Crippen LogP contribution in [0.25, 0.3) is 0 Å². The smallest absolute Gasteiger partial charge is 0.336 e. The molecule has 0 aliphatic rings. The normalized spacial score (nSPS) is 9.64. The Kier molecular flexibility index (Phi) is 18.1. The first-order chi connectivity index (χ1) is 26.8. The molecule has 4 N–H and O–H groups in total. The minimum absolute atomic E-state index is 0.0174. The first-order valence-corrected chi connectivity index (χ1v) is 16.5. The van der Waals surface area contributed by atoms with Gasteiger partial charge in [-0.2, -0.15) is 0 Å². The molecule has 13 heteroatoms. The van der Waals surface area contributed by atoms with E-state index in [-0.39, 0.29) is 58.2 Å². The van der Waals surface area contributed by atoms with Crippen LogP contribution < -0.4 is 9.47 Å². The van der Waals surface area contributed by atoms with Gasteiger partial charge in [-0.25, -0.2) is 14.0 Å². The number of methoxy groups -OCH3 is 1. The fraction of sp³-hybridized carbons (Fsp3) is 0.116. The van der Waals surface area contributed by atoms with Gasteiger partial charge in [0.1, 0.15) is 12.4 Å². The van der Waals surface area contributed by atoms with Crippen molar-refractivity contribution in [1.82, 2.24) is 0 Å². The number of aromatic hydroxyl groups is 1. The van der Waals surface area contributed by atoms with Crippen LogP contribution in [0.5, 0.6) is 17.2 Å². The molecule has 0 heterocycles. The van der Waals surface area contributed by atoms with Gasteiger partial charge in [-0.1, -0.05) is 72.8 Å². The van der Waals surface area contributed by atoms with Crippen molar-refractivity contribution in [3.05, 3.63) is 172 Å². The summed E-state index contributed by atoms with van der Waals surface area (Å²) in [4.78, 5) is 65.6. The average molecular weight is 767 g/mol. The highest BCUT2D eigenvalue weighted by molar-refractivity contribution is 6.16. The molecule has 0 aliphatic carbocycles. The zero-order chi connectivity index (χ0) is 41.8. The summed E-state index contributed by atoms with van der Waals surface area (Å²) in [6.45, 7) is 6.75. The van der Waals surface area contributed by atoms with Crippen LogP contribution in [0.1, 0.15) is 69.2 Å². The number of aryl methyl sites for hydroxylation is 2. The van der Waals surface area contributed by atoms with Crippen molar-refractivity contribution < 1.29 is 63.1 Å². The summed E-state index contributed by atoms with van der Waals surface area (Å²) in [5.74, 6) is -2.77. The number of hydrogen-bond acceptors (Lipinski definition) is 9. The van der Waals surface area contributed by atoms with Crippen LogP contribution in [0.2, 0.25) is 0 Å². The molecule has 0 amide bonds. The number of halogens is 1. The Hall–Kier alpha value is -7.41. The van der Waals surface area contributed by atoms with E-state index >= 15 is 0 Å². The Balaban J connectivity index is 0.000000281. The average Bonchev–Trinajstić information content (AvgIpc) is 3.19. The molecular weight excluding hydrogens is 727 g/mol. The number of carbonyl (C=O) groups excluding carboxylic acids is 3. The number of carboxylic acids is 2. The summed E-state index contributed by atoms with van der Waals surface area (Å²) in [6.07, 6.45) is 2.92. The molecule has 5 rings (SSSR count). The number of ketones is 2. The number of aromatic carboxylic acids is 2. The number of ether oxygens (including phenoxy) is 2. The lowest BCUT2D eigenvalue weighted by atomic mass is 9.91. The van der Waals surface area contributed by atoms with Gasteiger partial charge in [0, 0.05) is 27.8 Å². The number of allylic oxidation sites excluding steroid dienone is 1. The molecule has 0 spiro atoms. The van der Waals surface area contributed by atoms with Crippen molar-refractivity contribution in [2.75, 3.05) is 13.7 Å². The Morgan fingerprint density at radius 1 is 0.696 bits per heavy atom. The summed E-state index contributed by atoms with van der Waals surface area (Å²) in [6, 6.07) is 26.4. The number of phenols is 1. The number of rotatable bonds is 12. The predicted octanol–water partition coefficient (Wildman–Crippen LogP) is 7.40. The lowest BCUT2D eigenvalue weighted by Crippen LogP contribution is -2.13. The Morgan fingerprint density at radius 3 is 1.75 bits per heavy atom. The van der Waals surface area contributed by atoms with Crippen LogP contribution >= 0.6 is 0 Å². The molecule has 0 unspecified atom stereocenters. The van der Waals surface area contributed by atoms with E-state index in [1.165, 1.54) is 37.4 Å². The zero-order valence-corrected chi connectivity index (χ0v) is 30.6. The zero-order valence-electron chi connectivity index (χ0n) is 30.6. The maximum Gasteiger partial charge on any atom is 0.336 e. The molecule has 0 bridgehead atoms. The second-order valence-corrected chi connectivity index (χ2v) is 11.3. The van der Waals surface area contributed by atoms with Gasteiger partial charge in [-0.3, -0.25) is 19.2 Å². The predicted molar refractivity (Wildman–Crippen MR) is 205 cm³/mol. The maximum absolute atomic E-state index is 12.8. The number of benzene rings is 5. The quantitative estimate of drug-likeness (QED) is 0.0558. The van der Waals surface area contributed by atoms with Crippen LogP contribution in [-0.2, 0) is 16.0 Å². The number of carboxylic acid groups (broad SMARTS) is 3. The van der Waals surface area contributed by atoms with Gasteiger partial charge >= 0.3 is 11.9 Å². The lowest BCUT2D eigenvalue weighted by Gasteiger charge is -2.13. The second-order valence-electron chi connectivity index (χ2n) is 11.3. The first kappa shape index (κ1) is 44.7. The third-order valence-corrected chi connectivity index (χ3v) is 7.64. The molecule has 5 aromatic rings. The molecule has 0 aliphatic heterocycles. The Bertz CT molecular complexity index is 2160. The van der Waals surface area contributed by atoms with E-state index in [1.54, 1.807) is 74.5 Å². The fourth-order valence-corrected chi connectivity index (χ4v) is 5.12. The molecule has 12 nitrogen and oxygen atoms in total. The molecule has 5 aromatic carbocycles. The third kappa shape index (κ3) is 12.3. The SMILES string of the molecule is C=CCc1ccc(O)c(OC)c1OCC=O.Cc1ccc(C)c(C(=O)c2ccccc2)c1C(=O)O.O=C(O)c1ccccc1C(=O)c1ccc(F)cc1.O=CO. The van der Waals surface area contributed by atoms with Crippen molar-refractivity contribution in [3.8, 4) is 17.2 Å². The van der Waals surface area contributed by atoms with Crippen LogP contribution in [-0.4, -0.2) is 70.4 Å². The van der Waals surface area contributed by atoms with Crippen molar-refractivity contribution in [2.45, 2.75) is 20.3 Å². The second kappa shape index (κ2) is 22.6. The van der Waals surface area contributed by atoms with Crippen molar-refractivity contribution in [2.24, 2.45) is 0 Å². The van der Waals surface area contributed by atoms with Crippen molar-refractivity contribution >= 4 is 36.3 Å². The van der Waals surface area contributed by atoms with Crippen molar-refractivity contribution in [3.63, 3.8) is 0 Å². The molecule has 0 fully saturated rings. The van der Waals surface area contributed by atoms with Gasteiger partial charge in [0.25, 0.3) is 6.47 Å². The van der Waals surface area contributed by atoms with Crippen LogP contribution in [0.4, 0.5) is 4.39 Å². The topological polar surface area (TPSA) is 202 Å². The van der Waals surface area contributed by atoms with E-state index in [4.69, 9.17) is 24.5 Å². The van der Waals surface area contributed by atoms with Gasteiger partial charge in [0.2, 0.25) is 5.75 Å². The molecule has 0 aromatic heterocycles. The summed E-state index contributed by atoms with van der Waals surface area (Å²) in [5, 5.41) is 34.8. The van der Waals surface area contributed by atoms with E-state index in [2.05, 4.69) is 6.58 Å². The van der Waals surface area contributed by atoms with Crippen LogP contribution in [0.15, 0.2) is 116 Å². The fourth-order valence-electron chi connectivity index (χ4n) is 5.12. The maximum atomic E-state index is 12.8. The van der Waals surface area contributed by atoms with Crippen molar-refractivity contribution in [1.29, 1.82) is 0 Å². The van der Waals surface area contributed by atoms with Gasteiger partial charge < -0.3 is 29.9 Å². The Labute approximate surface area is 321 Å². The number of phenolic OH excluding ortho intramolecular Hbond substituents is 1. The van der Waals surface area contributed by atoms with Gasteiger partial charge in [0.15, 0.2) is 29.4 Å². The van der Waals surface area contributed by atoms with E-state index < -0.39 is 23.5 Å². The molecule has 290 valence electrons. The molecule has 0 saturated heterocycles. The highest BCUT2D eigenvalue weighted by Crippen LogP contribution is 2.39. The van der Waals surface area contributed by atoms with Crippen LogP contribution in [0, 0.1) is 19.7 Å². The molecule has 56 heavy (non-hydrogen) atoms. The molecule has 0 radical (unpaired) electrons. The van der Waals surface area contributed by atoms with E-state index in [0.29, 0.717) is 35.1 Å². The highest BCUT2D eigenvalue weighted by atomic mass is 19.1. The lowest BCUT2D eigenvalue weighted by molar-refractivity contribution is -0.122. The Morgan fingerprint density at radius 2 is 1.23 bits per heavy atom. The van der Waals surface area contributed by atoms with E-state index in [9.17, 15) is 38.6 Å².